The molecule has 0 radical (unpaired) electrons. The van der Waals surface area contributed by atoms with Crippen molar-refractivity contribution < 1.29 is 9.53 Å². The number of alkyl carbamates (subject to hydrolysis) is 1. The number of nitrogens with zero attached hydrogens (tertiary/aromatic N) is 1. The molecule has 10 N–H and O–H groups in total. The summed E-state index contributed by atoms with van der Waals surface area (Å²) in [7, 11) is 0. The van der Waals surface area contributed by atoms with E-state index in [4.69, 9.17) is 27.7 Å². The van der Waals surface area contributed by atoms with Gasteiger partial charge in [0, 0.05) is 51.5 Å². The number of unbranched alkanes of at least 4 members (excludes halogenated alkanes) is 1. The highest BCUT2D eigenvalue weighted by Gasteiger charge is 2.17. The molecule has 0 saturated heterocycles. The molecule has 0 aliphatic rings. The van der Waals surface area contributed by atoms with Gasteiger partial charge in [-0.2, -0.15) is 0 Å². The molecule has 26 heavy (non-hydrogen) atoms. The SMILES string of the molecule is CC(C)(C)OC(=O)NCCCCC(CNC=C(N)N)N(CCN)CCN. The predicted octanol–water partition coefficient (Wildman–Crippen LogP) is -0.425. The van der Waals surface area contributed by atoms with Gasteiger partial charge in [0.15, 0.2) is 0 Å². The molecular weight excluding hydrogens is 334 g/mol. The first-order valence-corrected chi connectivity index (χ1v) is 9.25. The first-order chi connectivity index (χ1) is 12.2. The minimum atomic E-state index is -0.482. The van der Waals surface area contributed by atoms with Crippen LogP contribution in [0.15, 0.2) is 12.0 Å². The van der Waals surface area contributed by atoms with Crippen LogP contribution >= 0.6 is 0 Å². The van der Waals surface area contributed by atoms with Crippen LogP contribution in [0.4, 0.5) is 4.79 Å². The summed E-state index contributed by atoms with van der Waals surface area (Å²) in [5.41, 5.74) is 21.9. The lowest BCUT2D eigenvalue weighted by atomic mass is 10.1. The third kappa shape index (κ3) is 13.6. The Hall–Kier alpha value is -1.71. The average Bonchev–Trinajstić information content (AvgIpc) is 2.50. The van der Waals surface area contributed by atoms with E-state index in [0.717, 1.165) is 32.4 Å². The first-order valence-electron chi connectivity index (χ1n) is 9.25. The van der Waals surface area contributed by atoms with Crippen molar-refractivity contribution in [1.82, 2.24) is 15.5 Å². The number of carbonyl (C=O) groups is 1. The summed E-state index contributed by atoms with van der Waals surface area (Å²) in [6.07, 6.45) is 3.98. The van der Waals surface area contributed by atoms with E-state index >= 15 is 0 Å². The largest absolute Gasteiger partial charge is 0.444 e. The predicted molar refractivity (Wildman–Crippen MR) is 106 cm³/mol. The monoisotopic (exact) mass is 373 g/mol. The molecule has 154 valence electrons. The van der Waals surface area contributed by atoms with Crippen LogP contribution in [0.25, 0.3) is 0 Å². The van der Waals surface area contributed by atoms with Crippen LogP contribution in [-0.2, 0) is 4.74 Å². The normalized spacial score (nSPS) is 12.5. The summed E-state index contributed by atoms with van der Waals surface area (Å²) in [6.45, 7) is 9.53. The topological polar surface area (TPSA) is 158 Å². The Morgan fingerprint density at radius 3 is 2.27 bits per heavy atom. The first kappa shape index (κ1) is 24.3. The lowest BCUT2D eigenvalue weighted by Crippen LogP contribution is -2.46. The van der Waals surface area contributed by atoms with Gasteiger partial charge >= 0.3 is 6.09 Å². The minimum absolute atomic E-state index is 0.245. The Morgan fingerprint density at radius 2 is 1.77 bits per heavy atom. The summed E-state index contributed by atoms with van der Waals surface area (Å²) >= 11 is 0. The minimum Gasteiger partial charge on any atom is -0.444 e. The Morgan fingerprint density at radius 1 is 1.15 bits per heavy atom. The van der Waals surface area contributed by atoms with Gasteiger partial charge in [0.05, 0.1) is 0 Å². The summed E-state index contributed by atoms with van der Waals surface area (Å²) in [5.74, 6) is 0.245. The molecule has 9 nitrogen and oxygen atoms in total. The summed E-state index contributed by atoms with van der Waals surface area (Å²) in [4.78, 5) is 13.9. The molecule has 0 rings (SSSR count). The third-order valence-corrected chi connectivity index (χ3v) is 3.60. The maximum Gasteiger partial charge on any atom is 0.407 e. The fraction of sp³-hybridized carbons (Fsp3) is 0.824. The highest BCUT2D eigenvalue weighted by molar-refractivity contribution is 5.67. The van der Waals surface area contributed by atoms with Crippen molar-refractivity contribution in [3.63, 3.8) is 0 Å². The highest BCUT2D eigenvalue weighted by Crippen LogP contribution is 2.09. The number of carbonyl (C=O) groups excluding carboxylic acids is 1. The number of amides is 1. The van der Waals surface area contributed by atoms with E-state index < -0.39 is 5.60 Å². The summed E-state index contributed by atoms with van der Waals surface area (Å²) in [6, 6.07) is 0.263. The fourth-order valence-corrected chi connectivity index (χ4v) is 2.54. The van der Waals surface area contributed by atoms with Crippen LogP contribution in [0, 0.1) is 0 Å². The van der Waals surface area contributed by atoms with Crippen LogP contribution in [0.2, 0.25) is 0 Å². The Bertz CT molecular complexity index is 400. The van der Waals surface area contributed by atoms with Crippen molar-refractivity contribution in [3.05, 3.63) is 12.0 Å². The molecule has 0 heterocycles. The number of hydrogen-bond donors (Lipinski definition) is 6. The number of nitrogens with one attached hydrogen (secondary N) is 2. The molecular formula is C17H39N7O2. The second-order valence-corrected chi connectivity index (χ2v) is 7.24. The quantitative estimate of drug-likeness (QED) is 0.237. The van der Waals surface area contributed by atoms with Gasteiger partial charge in [-0.05, 0) is 33.6 Å². The van der Waals surface area contributed by atoms with Crippen molar-refractivity contribution >= 4 is 6.09 Å². The molecule has 0 aromatic rings. The molecule has 1 amide bonds. The van der Waals surface area contributed by atoms with Crippen LogP contribution in [0.3, 0.4) is 0 Å². The molecule has 0 saturated carbocycles. The number of hydrogen-bond acceptors (Lipinski definition) is 8. The number of ether oxygens (including phenoxy) is 1. The molecule has 0 fully saturated rings. The fourth-order valence-electron chi connectivity index (χ4n) is 2.54. The molecule has 0 aliphatic carbocycles. The second kappa shape index (κ2) is 13.5. The molecule has 0 bridgehead atoms. The average molecular weight is 374 g/mol. The lowest BCUT2D eigenvalue weighted by molar-refractivity contribution is 0.0526. The van der Waals surface area contributed by atoms with Crippen LogP contribution < -0.4 is 33.6 Å². The van der Waals surface area contributed by atoms with Crippen LogP contribution in [-0.4, -0.2) is 61.9 Å². The van der Waals surface area contributed by atoms with Crippen molar-refractivity contribution in [2.45, 2.75) is 51.7 Å². The van der Waals surface area contributed by atoms with Crippen molar-refractivity contribution in [2.75, 3.05) is 39.3 Å². The Balaban J connectivity index is 4.35. The zero-order chi connectivity index (χ0) is 20.0. The Labute approximate surface area is 157 Å². The maximum atomic E-state index is 11.6. The van der Waals surface area contributed by atoms with E-state index in [-0.39, 0.29) is 18.0 Å². The van der Waals surface area contributed by atoms with Gasteiger partial charge in [-0.3, -0.25) is 4.90 Å². The third-order valence-electron chi connectivity index (χ3n) is 3.60. The van der Waals surface area contributed by atoms with E-state index in [9.17, 15) is 4.79 Å². The molecule has 0 spiro atoms. The van der Waals surface area contributed by atoms with E-state index in [2.05, 4.69) is 15.5 Å². The molecule has 1 unspecified atom stereocenters. The van der Waals surface area contributed by atoms with Crippen molar-refractivity contribution in [3.8, 4) is 0 Å². The number of rotatable bonds is 13. The van der Waals surface area contributed by atoms with Crippen LogP contribution in [0.5, 0.6) is 0 Å². The Kier molecular flexibility index (Phi) is 12.6. The van der Waals surface area contributed by atoms with Crippen LogP contribution in [0.1, 0.15) is 40.0 Å². The maximum absolute atomic E-state index is 11.6. The molecule has 0 aromatic heterocycles. The second-order valence-electron chi connectivity index (χ2n) is 7.24. The molecule has 0 aromatic carbocycles. The molecule has 0 aliphatic heterocycles. The van der Waals surface area contributed by atoms with Gasteiger partial charge in [0.25, 0.3) is 0 Å². The van der Waals surface area contributed by atoms with Gasteiger partial charge in [-0.15, -0.1) is 0 Å². The van der Waals surface area contributed by atoms with Gasteiger partial charge in [0.1, 0.15) is 11.4 Å². The van der Waals surface area contributed by atoms with Crippen molar-refractivity contribution in [2.24, 2.45) is 22.9 Å². The lowest BCUT2D eigenvalue weighted by Gasteiger charge is -2.31. The smallest absolute Gasteiger partial charge is 0.407 e. The van der Waals surface area contributed by atoms with Gasteiger partial charge in [0.2, 0.25) is 0 Å². The molecule has 9 heteroatoms. The zero-order valence-electron chi connectivity index (χ0n) is 16.6. The van der Waals surface area contributed by atoms with E-state index in [1.165, 1.54) is 0 Å². The zero-order valence-corrected chi connectivity index (χ0v) is 16.6. The summed E-state index contributed by atoms with van der Waals surface area (Å²) < 4.78 is 5.22. The highest BCUT2D eigenvalue weighted by atomic mass is 16.6. The summed E-state index contributed by atoms with van der Waals surface area (Å²) in [5, 5.41) is 5.92. The molecule has 1 atom stereocenters. The van der Waals surface area contributed by atoms with Crippen molar-refractivity contribution in [1.29, 1.82) is 0 Å². The van der Waals surface area contributed by atoms with E-state index in [0.29, 0.717) is 26.2 Å². The van der Waals surface area contributed by atoms with Gasteiger partial charge < -0.3 is 38.3 Å². The van der Waals surface area contributed by atoms with Gasteiger partial charge in [-0.1, -0.05) is 6.42 Å². The van der Waals surface area contributed by atoms with E-state index in [1.807, 2.05) is 20.8 Å². The number of nitrogens with two attached hydrogens (primary N) is 4. The van der Waals surface area contributed by atoms with E-state index in [1.54, 1.807) is 6.20 Å². The van der Waals surface area contributed by atoms with Gasteiger partial charge in [-0.25, -0.2) is 4.79 Å². The standard InChI is InChI=1S/C17H39N7O2/c1-17(2,3)26-16(25)23-9-5-4-6-14(12-22-13-15(20)21)24(10-7-18)11-8-19/h13-14,22H,4-12,18-21H2,1-3H3,(H,23,25).